The van der Waals surface area contributed by atoms with Crippen LogP contribution in [0.2, 0.25) is 0 Å². The number of nitrogens with one attached hydrogen (secondary N) is 1. The molecule has 1 amide bonds. The van der Waals surface area contributed by atoms with Crippen molar-refractivity contribution in [1.82, 2.24) is 10.2 Å². The van der Waals surface area contributed by atoms with Crippen molar-refractivity contribution in [2.75, 3.05) is 19.6 Å². The number of amides is 1. The van der Waals surface area contributed by atoms with E-state index in [2.05, 4.69) is 31.0 Å². The number of nitrogens with zero attached hydrogens (tertiary/aromatic N) is 1. The molecule has 1 saturated heterocycles. The number of unbranched alkanes of at least 4 members (excludes halogenated alkanes) is 2. The molecule has 4 nitrogen and oxygen atoms in total. The second-order valence-electron chi connectivity index (χ2n) is 6.44. The van der Waals surface area contributed by atoms with Gasteiger partial charge in [-0.3, -0.25) is 9.69 Å². The lowest BCUT2D eigenvalue weighted by Crippen LogP contribution is -2.45. The molecule has 0 bridgehead atoms. The molecule has 0 aromatic carbocycles. The zero-order valence-corrected chi connectivity index (χ0v) is 13.5. The van der Waals surface area contributed by atoms with E-state index in [4.69, 9.17) is 5.73 Å². The summed E-state index contributed by atoms with van der Waals surface area (Å²) in [6, 6.07) is 0.584. The summed E-state index contributed by atoms with van der Waals surface area (Å²) in [5.74, 6) is 0.801. The topological polar surface area (TPSA) is 58.4 Å². The molecular weight excluding hydrogens is 250 g/mol. The highest BCUT2D eigenvalue weighted by atomic mass is 16.2. The van der Waals surface area contributed by atoms with Gasteiger partial charge in [-0.25, -0.2) is 0 Å². The number of carbonyl (C=O) groups is 1. The van der Waals surface area contributed by atoms with Crippen LogP contribution in [0.1, 0.15) is 59.3 Å². The standard InChI is InChI=1S/C16H33N3O/c1-4-5-6-7-13(2)18-16(20)12-19-10-8-15(9-11-19)14(3)17/h13-15H,4-12,17H2,1-3H3,(H,18,20). The molecule has 1 heterocycles. The van der Waals surface area contributed by atoms with Crippen molar-refractivity contribution in [1.29, 1.82) is 0 Å². The van der Waals surface area contributed by atoms with E-state index in [9.17, 15) is 4.79 Å². The Morgan fingerprint density at radius 1 is 1.30 bits per heavy atom. The number of nitrogens with two attached hydrogens (primary N) is 1. The number of hydrogen-bond donors (Lipinski definition) is 2. The summed E-state index contributed by atoms with van der Waals surface area (Å²) < 4.78 is 0. The smallest absolute Gasteiger partial charge is 0.234 e. The monoisotopic (exact) mass is 283 g/mol. The van der Waals surface area contributed by atoms with Gasteiger partial charge < -0.3 is 11.1 Å². The highest BCUT2D eigenvalue weighted by molar-refractivity contribution is 5.78. The molecule has 3 N–H and O–H groups in total. The zero-order chi connectivity index (χ0) is 15.0. The molecule has 1 rings (SSSR count). The van der Waals surface area contributed by atoms with E-state index in [0.29, 0.717) is 18.5 Å². The Morgan fingerprint density at radius 2 is 1.95 bits per heavy atom. The first-order chi connectivity index (χ1) is 9.52. The fourth-order valence-corrected chi connectivity index (χ4v) is 2.93. The molecule has 0 spiro atoms. The Hall–Kier alpha value is -0.610. The van der Waals surface area contributed by atoms with Crippen LogP contribution in [0.4, 0.5) is 0 Å². The summed E-state index contributed by atoms with van der Waals surface area (Å²) in [6.45, 7) is 8.95. The molecule has 1 fully saturated rings. The molecule has 0 saturated carbocycles. The number of carbonyl (C=O) groups excluding carboxylic acids is 1. The van der Waals surface area contributed by atoms with Crippen LogP contribution in [0.15, 0.2) is 0 Å². The molecule has 1 aliphatic heterocycles. The van der Waals surface area contributed by atoms with Crippen molar-refractivity contribution >= 4 is 5.91 Å². The molecule has 1 aliphatic rings. The molecule has 0 aromatic rings. The van der Waals surface area contributed by atoms with Gasteiger partial charge in [0, 0.05) is 12.1 Å². The molecule has 0 aliphatic carbocycles. The van der Waals surface area contributed by atoms with Crippen LogP contribution in [-0.4, -0.2) is 42.5 Å². The molecule has 4 heteroatoms. The summed E-state index contributed by atoms with van der Waals surface area (Å²) in [6.07, 6.45) is 7.03. The Labute approximate surface area is 124 Å². The third-order valence-corrected chi connectivity index (χ3v) is 4.39. The lowest BCUT2D eigenvalue weighted by molar-refractivity contribution is -0.123. The van der Waals surface area contributed by atoms with Crippen molar-refractivity contribution in [3.8, 4) is 0 Å². The molecule has 20 heavy (non-hydrogen) atoms. The van der Waals surface area contributed by atoms with Crippen LogP contribution in [-0.2, 0) is 4.79 Å². The van der Waals surface area contributed by atoms with Gasteiger partial charge in [0.1, 0.15) is 0 Å². The van der Waals surface area contributed by atoms with Crippen LogP contribution in [0.3, 0.4) is 0 Å². The molecule has 2 unspecified atom stereocenters. The largest absolute Gasteiger partial charge is 0.353 e. The Kier molecular flexibility index (Phi) is 8.15. The van der Waals surface area contributed by atoms with Gasteiger partial charge in [-0.15, -0.1) is 0 Å². The van der Waals surface area contributed by atoms with Crippen molar-refractivity contribution in [2.45, 2.75) is 71.4 Å². The third kappa shape index (κ3) is 6.71. The van der Waals surface area contributed by atoms with Gasteiger partial charge >= 0.3 is 0 Å². The first kappa shape index (κ1) is 17.4. The van der Waals surface area contributed by atoms with Crippen LogP contribution in [0, 0.1) is 5.92 Å². The number of likely N-dealkylation sites (tertiary alicyclic amines) is 1. The van der Waals surface area contributed by atoms with Crippen LogP contribution in [0.5, 0.6) is 0 Å². The average molecular weight is 283 g/mol. The predicted molar refractivity (Wildman–Crippen MR) is 84.6 cm³/mol. The van der Waals surface area contributed by atoms with E-state index in [1.807, 2.05) is 0 Å². The van der Waals surface area contributed by atoms with Crippen LogP contribution >= 0.6 is 0 Å². The van der Waals surface area contributed by atoms with Crippen LogP contribution < -0.4 is 11.1 Å². The fraction of sp³-hybridized carbons (Fsp3) is 0.938. The summed E-state index contributed by atoms with van der Waals surface area (Å²) in [7, 11) is 0. The van der Waals surface area contributed by atoms with Crippen molar-refractivity contribution in [3.05, 3.63) is 0 Å². The summed E-state index contributed by atoms with van der Waals surface area (Å²) in [5, 5.41) is 3.11. The predicted octanol–water partition coefficient (Wildman–Crippen LogP) is 2.13. The van der Waals surface area contributed by atoms with E-state index >= 15 is 0 Å². The van der Waals surface area contributed by atoms with Gasteiger partial charge in [-0.1, -0.05) is 26.2 Å². The van der Waals surface area contributed by atoms with Crippen molar-refractivity contribution in [3.63, 3.8) is 0 Å². The van der Waals surface area contributed by atoms with Gasteiger partial charge in [-0.05, 0) is 52.1 Å². The van der Waals surface area contributed by atoms with Gasteiger partial charge in [0.25, 0.3) is 0 Å². The SMILES string of the molecule is CCCCCC(C)NC(=O)CN1CCC(C(C)N)CC1. The molecule has 118 valence electrons. The summed E-state index contributed by atoms with van der Waals surface area (Å²) in [5.41, 5.74) is 5.94. The first-order valence-electron chi connectivity index (χ1n) is 8.30. The number of rotatable bonds is 8. The molecular formula is C16H33N3O. The van der Waals surface area contributed by atoms with Gasteiger partial charge in [0.05, 0.1) is 6.54 Å². The van der Waals surface area contributed by atoms with E-state index < -0.39 is 0 Å². The fourth-order valence-electron chi connectivity index (χ4n) is 2.93. The maximum Gasteiger partial charge on any atom is 0.234 e. The Balaban J connectivity index is 2.16. The summed E-state index contributed by atoms with van der Waals surface area (Å²) in [4.78, 5) is 14.2. The van der Waals surface area contributed by atoms with E-state index in [1.165, 1.54) is 19.3 Å². The lowest BCUT2D eigenvalue weighted by atomic mass is 9.91. The van der Waals surface area contributed by atoms with E-state index in [0.717, 1.165) is 32.4 Å². The zero-order valence-electron chi connectivity index (χ0n) is 13.5. The minimum atomic E-state index is 0.174. The average Bonchev–Trinajstić information content (AvgIpc) is 2.39. The van der Waals surface area contributed by atoms with Gasteiger partial charge in [0.2, 0.25) is 5.91 Å². The normalized spacial score (nSPS) is 20.6. The molecule has 2 atom stereocenters. The Bertz CT molecular complexity index is 273. The van der Waals surface area contributed by atoms with E-state index in [1.54, 1.807) is 0 Å². The highest BCUT2D eigenvalue weighted by Crippen LogP contribution is 2.19. The quantitative estimate of drug-likeness (QED) is 0.671. The first-order valence-corrected chi connectivity index (χ1v) is 8.30. The van der Waals surface area contributed by atoms with Gasteiger partial charge in [-0.2, -0.15) is 0 Å². The minimum Gasteiger partial charge on any atom is -0.353 e. The van der Waals surface area contributed by atoms with Crippen LogP contribution in [0.25, 0.3) is 0 Å². The maximum absolute atomic E-state index is 12.0. The minimum absolute atomic E-state index is 0.174. The summed E-state index contributed by atoms with van der Waals surface area (Å²) >= 11 is 0. The lowest BCUT2D eigenvalue weighted by Gasteiger charge is -2.33. The third-order valence-electron chi connectivity index (χ3n) is 4.39. The molecule has 0 radical (unpaired) electrons. The second kappa shape index (κ2) is 9.35. The number of piperidine rings is 1. The number of hydrogen-bond acceptors (Lipinski definition) is 3. The highest BCUT2D eigenvalue weighted by Gasteiger charge is 2.23. The Morgan fingerprint density at radius 3 is 2.50 bits per heavy atom. The van der Waals surface area contributed by atoms with E-state index in [-0.39, 0.29) is 11.9 Å². The molecule has 0 aromatic heterocycles. The second-order valence-corrected chi connectivity index (χ2v) is 6.44. The van der Waals surface area contributed by atoms with Gasteiger partial charge in [0.15, 0.2) is 0 Å². The maximum atomic E-state index is 12.0. The van der Waals surface area contributed by atoms with Crippen molar-refractivity contribution in [2.24, 2.45) is 11.7 Å². The van der Waals surface area contributed by atoms with Crippen molar-refractivity contribution < 1.29 is 4.79 Å².